The molecule has 1 aliphatic carbocycles. The van der Waals surface area contributed by atoms with Crippen LogP contribution in [0.25, 0.3) is 0 Å². The number of nitrogens with zero attached hydrogens (tertiary/aromatic N) is 4. The molecule has 0 spiro atoms. The van der Waals surface area contributed by atoms with E-state index in [0.29, 0.717) is 47.6 Å². The average molecular weight is 612 g/mol. The zero-order chi connectivity index (χ0) is 31.5. The number of carbonyl (C=O) groups is 3. The summed E-state index contributed by atoms with van der Waals surface area (Å²) in [5.41, 5.74) is 2.92. The SMILES string of the molecule is Cc1nc(Oc2ccc(C(=O)O)cc2)nc(C)c1C(=O)N1CC2CN(CCC(NC(=O)C3CCCC3)c3ccccc3)CC2C1. The number of carboxylic acid groups (broad SMARTS) is 1. The van der Waals surface area contributed by atoms with Crippen LogP contribution in [0.5, 0.6) is 11.8 Å². The third-order valence-electron chi connectivity index (χ3n) is 9.60. The highest BCUT2D eigenvalue weighted by atomic mass is 16.5. The fourth-order valence-electron chi connectivity index (χ4n) is 7.21. The Balaban J connectivity index is 1.04. The van der Waals surface area contributed by atoms with Crippen LogP contribution in [0.15, 0.2) is 54.6 Å². The van der Waals surface area contributed by atoms with Crippen molar-refractivity contribution in [3.63, 3.8) is 0 Å². The summed E-state index contributed by atoms with van der Waals surface area (Å²) in [4.78, 5) is 51.0. The largest absolute Gasteiger partial charge is 0.478 e. The van der Waals surface area contributed by atoms with Gasteiger partial charge < -0.3 is 25.0 Å². The Labute approximate surface area is 263 Å². The van der Waals surface area contributed by atoms with Gasteiger partial charge in [-0.3, -0.25) is 9.59 Å². The van der Waals surface area contributed by atoms with Gasteiger partial charge >= 0.3 is 12.0 Å². The van der Waals surface area contributed by atoms with Gasteiger partial charge in [0.25, 0.3) is 5.91 Å². The van der Waals surface area contributed by atoms with Crippen LogP contribution in [-0.4, -0.2) is 75.4 Å². The van der Waals surface area contributed by atoms with E-state index in [1.807, 2.05) is 23.1 Å². The van der Waals surface area contributed by atoms with Crippen molar-refractivity contribution in [3.05, 3.63) is 82.7 Å². The molecule has 2 N–H and O–H groups in total. The molecule has 3 heterocycles. The number of hydrogen-bond acceptors (Lipinski definition) is 7. The number of ether oxygens (including phenoxy) is 1. The molecule has 1 saturated carbocycles. The first kappa shape index (κ1) is 30.7. The number of fused-ring (bicyclic) bond motifs is 1. The number of rotatable bonds is 10. The summed E-state index contributed by atoms with van der Waals surface area (Å²) < 4.78 is 5.75. The van der Waals surface area contributed by atoms with Crippen LogP contribution >= 0.6 is 0 Å². The lowest BCUT2D eigenvalue weighted by molar-refractivity contribution is -0.125. The highest BCUT2D eigenvalue weighted by Crippen LogP contribution is 2.34. The molecule has 10 nitrogen and oxygen atoms in total. The topological polar surface area (TPSA) is 125 Å². The molecule has 3 aromatic rings. The van der Waals surface area contributed by atoms with Crippen molar-refractivity contribution in [1.82, 2.24) is 25.1 Å². The summed E-state index contributed by atoms with van der Waals surface area (Å²) >= 11 is 0. The number of carbonyl (C=O) groups excluding carboxylic acids is 2. The lowest BCUT2D eigenvalue weighted by Crippen LogP contribution is -2.37. The summed E-state index contributed by atoms with van der Waals surface area (Å²) in [6.45, 7) is 7.76. The van der Waals surface area contributed by atoms with Crippen LogP contribution in [0.2, 0.25) is 0 Å². The van der Waals surface area contributed by atoms with Crippen molar-refractivity contribution in [2.45, 2.75) is 52.0 Å². The van der Waals surface area contributed by atoms with Gasteiger partial charge in [0.2, 0.25) is 5.91 Å². The zero-order valence-electron chi connectivity index (χ0n) is 25.9. The van der Waals surface area contributed by atoms with Gasteiger partial charge in [-0.15, -0.1) is 0 Å². The highest BCUT2D eigenvalue weighted by molar-refractivity contribution is 5.96. The summed E-state index contributed by atoms with van der Waals surface area (Å²) in [5, 5.41) is 12.5. The third-order valence-corrected chi connectivity index (χ3v) is 9.60. The molecule has 2 amide bonds. The van der Waals surface area contributed by atoms with Gasteiger partial charge in [-0.1, -0.05) is 43.2 Å². The van der Waals surface area contributed by atoms with Gasteiger partial charge in [0.05, 0.1) is 28.6 Å². The van der Waals surface area contributed by atoms with Crippen molar-refractivity contribution in [1.29, 1.82) is 0 Å². The Kier molecular flexibility index (Phi) is 9.11. The maximum atomic E-state index is 13.7. The predicted molar refractivity (Wildman–Crippen MR) is 168 cm³/mol. The minimum atomic E-state index is -1.01. The van der Waals surface area contributed by atoms with E-state index in [2.05, 4.69) is 32.3 Å². The molecule has 236 valence electrons. The fourth-order valence-corrected chi connectivity index (χ4v) is 7.21. The molecule has 3 fully saturated rings. The van der Waals surface area contributed by atoms with Crippen LogP contribution < -0.4 is 10.1 Å². The van der Waals surface area contributed by atoms with E-state index in [9.17, 15) is 14.4 Å². The Morgan fingerprint density at radius 3 is 2.13 bits per heavy atom. The van der Waals surface area contributed by atoms with Crippen LogP contribution in [-0.2, 0) is 4.79 Å². The summed E-state index contributed by atoms with van der Waals surface area (Å²) in [6.07, 6.45) is 5.13. The molecule has 10 heteroatoms. The molecule has 3 unspecified atom stereocenters. The molecule has 3 aliphatic rings. The predicted octanol–water partition coefficient (Wildman–Crippen LogP) is 5.03. The first-order valence-corrected chi connectivity index (χ1v) is 16.0. The number of hydrogen-bond donors (Lipinski definition) is 2. The number of benzene rings is 2. The molecular formula is C35H41N5O5. The second kappa shape index (κ2) is 13.4. The van der Waals surface area contributed by atoms with E-state index in [0.717, 1.165) is 57.3 Å². The molecule has 0 bridgehead atoms. The van der Waals surface area contributed by atoms with Crippen LogP contribution in [0.1, 0.15) is 75.8 Å². The number of aromatic carboxylic acids is 1. The minimum Gasteiger partial charge on any atom is -0.478 e. The van der Waals surface area contributed by atoms with E-state index in [1.54, 1.807) is 26.0 Å². The monoisotopic (exact) mass is 611 g/mol. The minimum absolute atomic E-state index is 0.000164. The van der Waals surface area contributed by atoms with E-state index in [4.69, 9.17) is 9.84 Å². The Bertz CT molecular complexity index is 1500. The summed E-state index contributed by atoms with van der Waals surface area (Å²) in [6, 6.07) is 16.4. The Morgan fingerprint density at radius 1 is 0.911 bits per heavy atom. The van der Waals surface area contributed by atoms with Gasteiger partial charge in [-0.2, -0.15) is 9.97 Å². The zero-order valence-corrected chi connectivity index (χ0v) is 25.9. The lowest BCUT2D eigenvalue weighted by Gasteiger charge is -2.26. The molecule has 45 heavy (non-hydrogen) atoms. The standard InChI is InChI=1S/C35H41N5O5/c1-22-31(23(2)37-35(36-22)45-29-14-12-26(13-15-29)34(43)44)33(42)40-20-27-18-39(19-28(27)21-40)17-16-30(24-8-4-3-5-9-24)38-32(41)25-10-6-7-11-25/h3-5,8-9,12-15,25,27-28,30H,6-7,10-11,16-21H2,1-2H3,(H,38,41)(H,43,44). The maximum absolute atomic E-state index is 13.7. The normalized spacial score (nSPS) is 20.6. The molecule has 3 atom stereocenters. The van der Waals surface area contributed by atoms with Crippen molar-refractivity contribution in [2.24, 2.45) is 17.8 Å². The number of carboxylic acids is 1. The molecular weight excluding hydrogens is 570 g/mol. The van der Waals surface area contributed by atoms with Crippen LogP contribution in [0, 0.1) is 31.6 Å². The van der Waals surface area contributed by atoms with Crippen LogP contribution in [0.4, 0.5) is 0 Å². The highest BCUT2D eigenvalue weighted by Gasteiger charge is 2.42. The lowest BCUT2D eigenvalue weighted by atomic mass is 10.0. The second-order valence-corrected chi connectivity index (χ2v) is 12.7. The van der Waals surface area contributed by atoms with Crippen molar-refractivity contribution in [3.8, 4) is 11.8 Å². The average Bonchev–Trinajstić information content (AvgIpc) is 3.77. The van der Waals surface area contributed by atoms with Crippen molar-refractivity contribution in [2.75, 3.05) is 32.7 Å². The summed E-state index contributed by atoms with van der Waals surface area (Å²) in [5.74, 6) is 0.512. The van der Waals surface area contributed by atoms with E-state index in [-0.39, 0.29) is 35.3 Å². The molecule has 2 aliphatic heterocycles. The fraction of sp³-hybridized carbons (Fsp3) is 0.457. The second-order valence-electron chi connectivity index (χ2n) is 12.7. The quantitative estimate of drug-likeness (QED) is 0.327. The number of likely N-dealkylation sites (tertiary alicyclic amines) is 2. The van der Waals surface area contributed by atoms with Gasteiger partial charge in [0.1, 0.15) is 5.75 Å². The Hall–Kier alpha value is -4.31. The summed E-state index contributed by atoms with van der Waals surface area (Å²) in [7, 11) is 0. The first-order valence-electron chi connectivity index (χ1n) is 16.0. The molecule has 1 aromatic heterocycles. The smallest absolute Gasteiger partial charge is 0.335 e. The molecule has 0 radical (unpaired) electrons. The van der Waals surface area contributed by atoms with Gasteiger partial charge in [-0.25, -0.2) is 4.79 Å². The van der Waals surface area contributed by atoms with Gasteiger partial charge in [-0.05, 0) is 74.8 Å². The van der Waals surface area contributed by atoms with Crippen LogP contribution in [0.3, 0.4) is 0 Å². The maximum Gasteiger partial charge on any atom is 0.335 e. The number of aryl methyl sites for hydroxylation is 2. The van der Waals surface area contributed by atoms with Crippen molar-refractivity contribution < 1.29 is 24.2 Å². The van der Waals surface area contributed by atoms with Gasteiger partial charge in [0, 0.05) is 38.6 Å². The van der Waals surface area contributed by atoms with E-state index in [1.165, 1.54) is 12.1 Å². The molecule has 2 aromatic carbocycles. The van der Waals surface area contributed by atoms with E-state index >= 15 is 0 Å². The third kappa shape index (κ3) is 7.01. The van der Waals surface area contributed by atoms with Crippen molar-refractivity contribution >= 4 is 17.8 Å². The Morgan fingerprint density at radius 2 is 1.53 bits per heavy atom. The number of nitrogens with one attached hydrogen (secondary N) is 1. The molecule has 6 rings (SSSR count). The number of amides is 2. The first-order chi connectivity index (χ1) is 21.7. The molecule has 2 saturated heterocycles. The van der Waals surface area contributed by atoms with E-state index < -0.39 is 5.97 Å². The van der Waals surface area contributed by atoms with Gasteiger partial charge in [0.15, 0.2) is 0 Å². The number of aromatic nitrogens is 2.